The van der Waals surface area contributed by atoms with Crippen molar-refractivity contribution in [1.29, 1.82) is 0 Å². The fourth-order valence-electron chi connectivity index (χ4n) is 3.63. The van der Waals surface area contributed by atoms with E-state index in [0.29, 0.717) is 22.8 Å². The van der Waals surface area contributed by atoms with Gasteiger partial charge in [0.2, 0.25) is 0 Å². The Morgan fingerprint density at radius 2 is 1.89 bits per heavy atom. The van der Waals surface area contributed by atoms with Crippen molar-refractivity contribution >= 4 is 23.6 Å². The Bertz CT molecular complexity index is 726. The molecule has 2 aliphatic rings. The third kappa shape index (κ3) is 4.45. The second-order valence-electron chi connectivity index (χ2n) is 6.91. The predicted molar refractivity (Wildman–Crippen MR) is 104 cm³/mol. The lowest BCUT2D eigenvalue weighted by atomic mass is 9.94. The lowest BCUT2D eigenvalue weighted by Crippen LogP contribution is -2.49. The molecule has 1 atom stereocenters. The van der Waals surface area contributed by atoms with Gasteiger partial charge in [-0.3, -0.25) is 9.80 Å². The topological polar surface area (TPSA) is 61.9 Å². The molecule has 146 valence electrons. The Balaban J connectivity index is 2.03. The first-order valence-electron chi connectivity index (χ1n) is 9.43. The molecule has 1 N–H and O–H groups in total. The number of nitrogens with one attached hydrogen (secondary N) is 1. The minimum absolute atomic E-state index is 0.227. The summed E-state index contributed by atoms with van der Waals surface area (Å²) in [5, 5.41) is 3.53. The van der Waals surface area contributed by atoms with E-state index < -0.39 is 12.0 Å². The fraction of sp³-hybridized carbons (Fsp3) is 0.500. The standard InChI is InChI=1S/C20H26ClN3O3/c1-3-27-19(25)17-16(13-24-11-5-4-6-12-24)23(2)20(26)22-18(17)14-7-9-15(21)10-8-14/h7-10,18H,3-6,11-13H2,1-2H3,(H,22,26). The van der Waals surface area contributed by atoms with E-state index in [9.17, 15) is 9.59 Å². The molecule has 0 bridgehead atoms. The van der Waals surface area contributed by atoms with Crippen LogP contribution in [0.15, 0.2) is 35.5 Å². The van der Waals surface area contributed by atoms with Crippen molar-refractivity contribution in [1.82, 2.24) is 15.1 Å². The van der Waals surface area contributed by atoms with E-state index >= 15 is 0 Å². The Hall–Kier alpha value is -2.05. The van der Waals surface area contributed by atoms with Crippen molar-refractivity contribution in [2.75, 3.05) is 33.3 Å². The van der Waals surface area contributed by atoms with Crippen LogP contribution < -0.4 is 5.32 Å². The maximum absolute atomic E-state index is 12.9. The van der Waals surface area contributed by atoms with Gasteiger partial charge in [0.05, 0.1) is 18.2 Å². The highest BCUT2D eigenvalue weighted by Gasteiger charge is 2.37. The lowest BCUT2D eigenvalue weighted by molar-refractivity contribution is -0.139. The summed E-state index contributed by atoms with van der Waals surface area (Å²) in [6.45, 7) is 4.57. The number of urea groups is 1. The summed E-state index contributed by atoms with van der Waals surface area (Å²) in [5.74, 6) is -0.392. The van der Waals surface area contributed by atoms with Crippen molar-refractivity contribution < 1.29 is 14.3 Å². The van der Waals surface area contributed by atoms with E-state index in [1.807, 2.05) is 12.1 Å². The maximum atomic E-state index is 12.9. The molecule has 0 aromatic heterocycles. The highest BCUT2D eigenvalue weighted by molar-refractivity contribution is 6.30. The second-order valence-corrected chi connectivity index (χ2v) is 7.35. The summed E-state index contributed by atoms with van der Waals surface area (Å²) in [4.78, 5) is 29.3. The van der Waals surface area contributed by atoms with Crippen molar-refractivity contribution in [3.8, 4) is 0 Å². The van der Waals surface area contributed by atoms with Crippen molar-refractivity contribution in [3.05, 3.63) is 46.1 Å². The zero-order valence-electron chi connectivity index (χ0n) is 15.8. The molecule has 2 heterocycles. The molecule has 0 radical (unpaired) electrons. The molecule has 1 aromatic carbocycles. The quantitative estimate of drug-likeness (QED) is 0.782. The molecule has 2 aliphatic heterocycles. The normalized spacial score (nSPS) is 21.2. The Labute approximate surface area is 165 Å². The number of carbonyl (C=O) groups is 2. The van der Waals surface area contributed by atoms with Gasteiger partial charge in [0.1, 0.15) is 0 Å². The van der Waals surface area contributed by atoms with Gasteiger partial charge in [-0.2, -0.15) is 0 Å². The first-order chi connectivity index (χ1) is 13.0. The third-order valence-electron chi connectivity index (χ3n) is 5.10. The summed E-state index contributed by atoms with van der Waals surface area (Å²) in [6.07, 6.45) is 3.50. The van der Waals surface area contributed by atoms with Crippen molar-refractivity contribution in [2.45, 2.75) is 32.2 Å². The van der Waals surface area contributed by atoms with Gasteiger partial charge in [-0.25, -0.2) is 9.59 Å². The molecule has 1 fully saturated rings. The van der Waals surface area contributed by atoms with Gasteiger partial charge in [0.25, 0.3) is 0 Å². The van der Waals surface area contributed by atoms with Gasteiger partial charge < -0.3 is 10.1 Å². The summed E-state index contributed by atoms with van der Waals surface area (Å²) >= 11 is 6.00. The van der Waals surface area contributed by atoms with Crippen LogP contribution in [-0.2, 0) is 9.53 Å². The highest BCUT2D eigenvalue weighted by Crippen LogP contribution is 2.32. The van der Waals surface area contributed by atoms with E-state index in [0.717, 1.165) is 31.5 Å². The van der Waals surface area contributed by atoms with Crippen LogP contribution in [0, 0.1) is 0 Å². The summed E-state index contributed by atoms with van der Waals surface area (Å²) in [5.41, 5.74) is 2.01. The molecule has 0 spiro atoms. The van der Waals surface area contributed by atoms with Gasteiger partial charge in [0, 0.05) is 24.3 Å². The number of hydrogen-bond donors (Lipinski definition) is 1. The SMILES string of the molecule is CCOC(=O)C1=C(CN2CCCCC2)N(C)C(=O)NC1c1ccc(Cl)cc1. The molecule has 2 amide bonds. The molecule has 0 saturated carbocycles. The van der Waals surface area contributed by atoms with Crippen LogP contribution in [-0.4, -0.2) is 55.1 Å². The molecule has 6 nitrogen and oxygen atoms in total. The molecule has 7 heteroatoms. The molecule has 1 saturated heterocycles. The van der Waals surface area contributed by atoms with Crippen LogP contribution in [0.3, 0.4) is 0 Å². The van der Waals surface area contributed by atoms with Gasteiger partial charge >= 0.3 is 12.0 Å². The van der Waals surface area contributed by atoms with Crippen LogP contribution >= 0.6 is 11.6 Å². The van der Waals surface area contributed by atoms with Crippen molar-refractivity contribution in [3.63, 3.8) is 0 Å². The largest absolute Gasteiger partial charge is 0.463 e. The minimum atomic E-state index is -0.551. The number of likely N-dealkylation sites (N-methyl/N-ethyl adjacent to an activating group) is 1. The number of hydrogen-bond acceptors (Lipinski definition) is 4. The van der Waals surface area contributed by atoms with Crippen LogP contribution in [0.5, 0.6) is 0 Å². The summed E-state index contributed by atoms with van der Waals surface area (Å²) in [6, 6.07) is 6.40. The molecule has 0 aliphatic carbocycles. The number of nitrogens with zero attached hydrogens (tertiary/aromatic N) is 2. The second kappa shape index (κ2) is 8.76. The maximum Gasteiger partial charge on any atom is 0.338 e. The van der Waals surface area contributed by atoms with Crippen LogP contribution in [0.2, 0.25) is 5.02 Å². The van der Waals surface area contributed by atoms with Gasteiger partial charge in [0.15, 0.2) is 0 Å². The number of benzene rings is 1. The fourth-order valence-corrected chi connectivity index (χ4v) is 3.76. The van der Waals surface area contributed by atoms with E-state index in [1.54, 1.807) is 26.1 Å². The summed E-state index contributed by atoms with van der Waals surface area (Å²) < 4.78 is 5.34. The van der Waals surface area contributed by atoms with E-state index in [1.165, 1.54) is 11.3 Å². The Kier molecular flexibility index (Phi) is 6.39. The smallest absolute Gasteiger partial charge is 0.338 e. The van der Waals surface area contributed by atoms with Crippen LogP contribution in [0.1, 0.15) is 37.8 Å². The van der Waals surface area contributed by atoms with E-state index in [4.69, 9.17) is 16.3 Å². The van der Waals surface area contributed by atoms with Gasteiger partial charge in [-0.1, -0.05) is 30.2 Å². The number of ether oxygens (including phenoxy) is 1. The highest BCUT2D eigenvalue weighted by atomic mass is 35.5. The van der Waals surface area contributed by atoms with Crippen molar-refractivity contribution in [2.24, 2.45) is 0 Å². The lowest BCUT2D eigenvalue weighted by Gasteiger charge is -2.37. The Morgan fingerprint density at radius 1 is 1.22 bits per heavy atom. The molecular formula is C20H26ClN3O3. The molecule has 3 rings (SSSR count). The zero-order chi connectivity index (χ0) is 19.4. The number of carbonyl (C=O) groups excluding carboxylic acids is 2. The number of rotatable bonds is 5. The number of piperidine rings is 1. The molecule has 27 heavy (non-hydrogen) atoms. The van der Waals surface area contributed by atoms with Gasteiger partial charge in [-0.05, 0) is 50.6 Å². The van der Waals surface area contributed by atoms with Gasteiger partial charge in [-0.15, -0.1) is 0 Å². The zero-order valence-corrected chi connectivity index (χ0v) is 16.6. The first-order valence-corrected chi connectivity index (χ1v) is 9.81. The number of esters is 1. The van der Waals surface area contributed by atoms with E-state index in [-0.39, 0.29) is 12.6 Å². The van der Waals surface area contributed by atoms with Crippen LogP contribution in [0.25, 0.3) is 0 Å². The Morgan fingerprint density at radius 3 is 2.52 bits per heavy atom. The first kappa shape index (κ1) is 19.7. The number of amides is 2. The number of halogens is 1. The number of likely N-dealkylation sites (tertiary alicyclic amines) is 1. The van der Waals surface area contributed by atoms with Crippen LogP contribution in [0.4, 0.5) is 4.79 Å². The minimum Gasteiger partial charge on any atom is -0.463 e. The molecule has 1 unspecified atom stereocenters. The molecule has 1 aromatic rings. The average Bonchev–Trinajstić information content (AvgIpc) is 2.67. The molecular weight excluding hydrogens is 366 g/mol. The third-order valence-corrected chi connectivity index (χ3v) is 5.35. The summed E-state index contributed by atoms with van der Waals surface area (Å²) in [7, 11) is 1.70. The average molecular weight is 392 g/mol. The monoisotopic (exact) mass is 391 g/mol. The van der Waals surface area contributed by atoms with E-state index in [2.05, 4.69) is 10.2 Å². The predicted octanol–water partition coefficient (Wildman–Crippen LogP) is 3.34.